The molecule has 0 aliphatic carbocycles. The topological polar surface area (TPSA) is 140 Å². The summed E-state index contributed by atoms with van der Waals surface area (Å²) in [6.07, 6.45) is 0.483. The van der Waals surface area contributed by atoms with E-state index in [4.69, 9.17) is 9.47 Å². The number of hydrogen-bond donors (Lipinski definition) is 2. The van der Waals surface area contributed by atoms with Crippen LogP contribution >= 0.6 is 11.8 Å². The van der Waals surface area contributed by atoms with Crippen molar-refractivity contribution in [1.82, 2.24) is 4.90 Å². The molecule has 1 heterocycles. The minimum absolute atomic E-state index is 0.118. The van der Waals surface area contributed by atoms with Gasteiger partial charge < -0.3 is 20.1 Å². The van der Waals surface area contributed by atoms with Crippen molar-refractivity contribution in [1.29, 1.82) is 0 Å². The molecule has 12 heteroatoms. The van der Waals surface area contributed by atoms with E-state index in [0.717, 1.165) is 17.3 Å². The van der Waals surface area contributed by atoms with E-state index in [9.17, 15) is 24.5 Å². The summed E-state index contributed by atoms with van der Waals surface area (Å²) in [5, 5.41) is 16.8. The maximum Gasteiger partial charge on any atom is 0.278 e. The average molecular weight is 577 g/mol. The summed E-state index contributed by atoms with van der Waals surface area (Å²) in [4.78, 5) is 52.0. The minimum Gasteiger partial charge on any atom is -0.495 e. The van der Waals surface area contributed by atoms with Crippen LogP contribution in [-0.4, -0.2) is 54.9 Å². The standard InChI is InChI=1S/C29H28N4O7S/c1-18-8-13-24(40-3)23(16-18)31-25-26(29(36)32(28(25)35)14-5-15-39-2)41-22-7-4-6-20(17-22)30-27(34)19-9-11-21(12-10-19)33(37)38/h4,6-13,16-17,31H,5,14-15H2,1-3H3,(H,30,34). The predicted octanol–water partition coefficient (Wildman–Crippen LogP) is 4.99. The van der Waals surface area contributed by atoms with Crippen molar-refractivity contribution in [3.8, 4) is 5.75 Å². The Kier molecular flexibility index (Phi) is 9.37. The van der Waals surface area contributed by atoms with Gasteiger partial charge in [0, 0.05) is 48.5 Å². The molecular formula is C29H28N4O7S. The normalized spacial score (nSPS) is 13.0. The highest BCUT2D eigenvalue weighted by molar-refractivity contribution is 8.04. The van der Waals surface area contributed by atoms with Gasteiger partial charge in [0.25, 0.3) is 23.4 Å². The van der Waals surface area contributed by atoms with E-state index in [1.807, 2.05) is 19.1 Å². The Morgan fingerprint density at radius 3 is 2.46 bits per heavy atom. The first kappa shape index (κ1) is 29.3. The van der Waals surface area contributed by atoms with E-state index in [0.29, 0.717) is 35.0 Å². The number of ether oxygens (including phenoxy) is 2. The number of nitro benzene ring substituents is 1. The highest BCUT2D eigenvalue weighted by Crippen LogP contribution is 2.38. The number of benzene rings is 3. The zero-order chi connectivity index (χ0) is 29.5. The number of nitrogens with one attached hydrogen (secondary N) is 2. The molecule has 0 aromatic heterocycles. The van der Waals surface area contributed by atoms with E-state index in [1.54, 1.807) is 37.4 Å². The molecule has 4 rings (SSSR count). The lowest BCUT2D eigenvalue weighted by Crippen LogP contribution is -2.33. The number of carbonyl (C=O) groups is 3. The van der Waals surface area contributed by atoms with Crippen LogP contribution in [0.25, 0.3) is 0 Å². The second-order valence-electron chi connectivity index (χ2n) is 9.03. The smallest absolute Gasteiger partial charge is 0.278 e. The third-order valence-corrected chi connectivity index (χ3v) is 7.19. The zero-order valence-electron chi connectivity index (χ0n) is 22.6. The van der Waals surface area contributed by atoms with E-state index in [-0.39, 0.29) is 28.4 Å². The van der Waals surface area contributed by atoms with Crippen LogP contribution in [0.5, 0.6) is 5.75 Å². The third-order valence-electron chi connectivity index (χ3n) is 6.12. The van der Waals surface area contributed by atoms with E-state index in [2.05, 4.69) is 10.6 Å². The molecule has 0 saturated heterocycles. The van der Waals surface area contributed by atoms with Gasteiger partial charge in [0.05, 0.1) is 17.7 Å². The molecule has 0 unspecified atom stereocenters. The minimum atomic E-state index is -0.539. The maximum absolute atomic E-state index is 13.5. The largest absolute Gasteiger partial charge is 0.495 e. The Hall–Kier alpha value is -4.68. The lowest BCUT2D eigenvalue weighted by molar-refractivity contribution is -0.384. The quantitative estimate of drug-likeness (QED) is 0.132. The fourth-order valence-corrected chi connectivity index (χ4v) is 5.08. The summed E-state index contributed by atoms with van der Waals surface area (Å²) in [5.74, 6) is -0.835. The second-order valence-corrected chi connectivity index (χ2v) is 10.1. The van der Waals surface area contributed by atoms with E-state index < -0.39 is 22.6 Å². The number of imide groups is 1. The monoisotopic (exact) mass is 576 g/mol. The zero-order valence-corrected chi connectivity index (χ0v) is 23.4. The molecule has 41 heavy (non-hydrogen) atoms. The Morgan fingerprint density at radius 2 is 1.78 bits per heavy atom. The van der Waals surface area contributed by atoms with Gasteiger partial charge in [-0.2, -0.15) is 0 Å². The number of non-ortho nitro benzene ring substituents is 1. The van der Waals surface area contributed by atoms with Crippen LogP contribution in [0.15, 0.2) is 82.2 Å². The average Bonchev–Trinajstić information content (AvgIpc) is 3.17. The van der Waals surface area contributed by atoms with Gasteiger partial charge in [-0.05, 0) is 61.4 Å². The molecule has 0 spiro atoms. The lowest BCUT2D eigenvalue weighted by atomic mass is 10.2. The van der Waals surface area contributed by atoms with Crippen molar-refractivity contribution < 1.29 is 28.8 Å². The summed E-state index contributed by atoms with van der Waals surface area (Å²) < 4.78 is 10.5. The number of methoxy groups -OCH3 is 2. The van der Waals surface area contributed by atoms with E-state index in [1.165, 1.54) is 36.3 Å². The van der Waals surface area contributed by atoms with Crippen LogP contribution in [0.4, 0.5) is 17.1 Å². The van der Waals surface area contributed by atoms with Crippen LogP contribution in [0, 0.1) is 17.0 Å². The molecule has 3 aromatic carbocycles. The van der Waals surface area contributed by atoms with Crippen LogP contribution in [0.1, 0.15) is 22.3 Å². The van der Waals surface area contributed by atoms with Gasteiger partial charge in [0.15, 0.2) is 0 Å². The van der Waals surface area contributed by atoms with Gasteiger partial charge in [-0.15, -0.1) is 0 Å². The number of nitro groups is 1. The molecule has 0 saturated carbocycles. The number of anilines is 2. The van der Waals surface area contributed by atoms with Crippen LogP contribution in [0.3, 0.4) is 0 Å². The van der Waals surface area contributed by atoms with Crippen LogP contribution in [-0.2, 0) is 14.3 Å². The summed E-state index contributed by atoms with van der Waals surface area (Å²) in [6.45, 7) is 2.49. The highest BCUT2D eigenvalue weighted by Gasteiger charge is 2.39. The lowest BCUT2D eigenvalue weighted by Gasteiger charge is -2.15. The Morgan fingerprint density at radius 1 is 1.02 bits per heavy atom. The second kappa shape index (κ2) is 13.1. The van der Waals surface area contributed by atoms with Gasteiger partial charge in [-0.25, -0.2) is 0 Å². The molecule has 0 fully saturated rings. The van der Waals surface area contributed by atoms with Gasteiger partial charge in [-0.1, -0.05) is 23.9 Å². The number of aryl methyl sites for hydroxylation is 1. The van der Waals surface area contributed by atoms with Gasteiger partial charge in [0.2, 0.25) is 0 Å². The Balaban J connectivity index is 1.60. The molecule has 0 radical (unpaired) electrons. The molecular weight excluding hydrogens is 548 g/mol. The SMILES string of the molecule is COCCCN1C(=O)C(Nc2cc(C)ccc2OC)=C(Sc2cccc(NC(=O)c3ccc([N+](=O)[O-])cc3)c2)C1=O. The van der Waals surface area contributed by atoms with E-state index >= 15 is 0 Å². The first-order valence-electron chi connectivity index (χ1n) is 12.6. The van der Waals surface area contributed by atoms with Gasteiger partial charge >= 0.3 is 0 Å². The molecule has 11 nitrogen and oxygen atoms in total. The number of nitrogens with zero attached hydrogens (tertiary/aromatic N) is 2. The highest BCUT2D eigenvalue weighted by atomic mass is 32.2. The molecule has 1 aliphatic heterocycles. The number of rotatable bonds is 12. The van der Waals surface area contributed by atoms with Gasteiger partial charge in [-0.3, -0.25) is 29.4 Å². The molecule has 0 bridgehead atoms. The Bertz CT molecular complexity index is 1520. The summed E-state index contributed by atoms with van der Waals surface area (Å²) in [6, 6.07) is 17.6. The first-order chi connectivity index (χ1) is 19.7. The fraction of sp³-hybridized carbons (Fsp3) is 0.207. The van der Waals surface area contributed by atoms with Crippen molar-refractivity contribution in [2.75, 3.05) is 38.0 Å². The van der Waals surface area contributed by atoms with Crippen molar-refractivity contribution >= 4 is 46.5 Å². The first-order valence-corrected chi connectivity index (χ1v) is 13.4. The van der Waals surface area contributed by atoms with Crippen molar-refractivity contribution in [2.24, 2.45) is 0 Å². The van der Waals surface area contributed by atoms with Crippen molar-refractivity contribution in [2.45, 2.75) is 18.2 Å². The third kappa shape index (κ3) is 6.91. The fourth-order valence-electron chi connectivity index (χ4n) is 4.08. The number of amides is 3. The summed E-state index contributed by atoms with van der Waals surface area (Å²) >= 11 is 1.10. The number of carbonyl (C=O) groups excluding carboxylic acids is 3. The maximum atomic E-state index is 13.5. The Labute approximate surface area is 240 Å². The molecule has 2 N–H and O–H groups in total. The van der Waals surface area contributed by atoms with Crippen molar-refractivity contribution in [3.63, 3.8) is 0 Å². The van der Waals surface area contributed by atoms with Crippen LogP contribution < -0.4 is 15.4 Å². The number of thioether (sulfide) groups is 1. The molecule has 1 aliphatic rings. The summed E-state index contributed by atoms with van der Waals surface area (Å²) in [7, 11) is 3.08. The predicted molar refractivity (Wildman–Crippen MR) is 155 cm³/mol. The van der Waals surface area contributed by atoms with Crippen LogP contribution in [0.2, 0.25) is 0 Å². The van der Waals surface area contributed by atoms with Gasteiger partial charge in [0.1, 0.15) is 16.4 Å². The molecule has 3 amide bonds. The molecule has 3 aromatic rings. The summed E-state index contributed by atoms with van der Waals surface area (Å²) in [5.41, 5.74) is 2.19. The number of hydrogen-bond acceptors (Lipinski definition) is 9. The molecule has 0 atom stereocenters. The van der Waals surface area contributed by atoms with Crippen molar-refractivity contribution in [3.05, 3.63) is 98.6 Å². The molecule has 212 valence electrons.